The molecule has 0 aliphatic rings. The maximum Gasteiger partial charge on any atom is 0.150 e. The molecule has 2 aromatic carbocycles. The van der Waals surface area contributed by atoms with Gasteiger partial charge in [0.25, 0.3) is 0 Å². The normalized spacial score (nSPS) is 11.4. The highest BCUT2D eigenvalue weighted by molar-refractivity contribution is 7.56. The molecule has 0 fully saturated rings. The van der Waals surface area contributed by atoms with Gasteiger partial charge in [-0.15, -0.1) is 0 Å². The number of carbonyl (C=O) groups excluding carboxylic acids is 1. The van der Waals surface area contributed by atoms with Crippen molar-refractivity contribution in [1.82, 2.24) is 4.98 Å². The van der Waals surface area contributed by atoms with Gasteiger partial charge in [0.05, 0.1) is 5.52 Å². The zero-order chi connectivity index (χ0) is 15.7. The highest BCUT2D eigenvalue weighted by atomic mass is 31.1. The third kappa shape index (κ3) is 2.77. The summed E-state index contributed by atoms with van der Waals surface area (Å²) in [5.41, 5.74) is 3.23. The first kappa shape index (κ1) is 14.8. The van der Waals surface area contributed by atoms with E-state index in [1.807, 2.05) is 38.1 Å². The van der Waals surface area contributed by atoms with Gasteiger partial charge < -0.3 is 0 Å². The lowest BCUT2D eigenvalue weighted by atomic mass is 10.1. The molecule has 0 aliphatic carbocycles. The smallest absolute Gasteiger partial charge is 0.150 e. The first-order valence-electron chi connectivity index (χ1n) is 6.96. The Morgan fingerprint density at radius 2 is 1.91 bits per heavy atom. The van der Waals surface area contributed by atoms with Gasteiger partial charge in [-0.3, -0.25) is 9.78 Å². The van der Waals surface area contributed by atoms with Gasteiger partial charge in [0.2, 0.25) is 0 Å². The number of carbonyl (C=O) groups is 1. The summed E-state index contributed by atoms with van der Waals surface area (Å²) in [6.07, 6.45) is 2.55. The van der Waals surface area contributed by atoms with Crippen LogP contribution in [0.5, 0.6) is 0 Å². The predicted molar refractivity (Wildman–Crippen MR) is 90.6 cm³/mol. The van der Waals surface area contributed by atoms with Crippen LogP contribution >= 0.6 is 8.58 Å². The summed E-state index contributed by atoms with van der Waals surface area (Å²) >= 11 is 0. The number of aryl methyl sites for hydroxylation is 2. The predicted octanol–water partition coefficient (Wildman–Crippen LogP) is 3.43. The number of pyridine rings is 1. The van der Waals surface area contributed by atoms with E-state index in [0.717, 1.165) is 33.6 Å². The molecule has 1 heterocycles. The maximum atomic E-state index is 14.1. The van der Waals surface area contributed by atoms with Crippen molar-refractivity contribution >= 4 is 36.4 Å². The zero-order valence-corrected chi connectivity index (χ0v) is 13.4. The topological polar surface area (TPSA) is 30.0 Å². The summed E-state index contributed by atoms with van der Waals surface area (Å²) in [5.74, 6) is -0.176. The molecule has 0 spiro atoms. The third-order valence-corrected chi connectivity index (χ3v) is 5.03. The Bertz CT molecular complexity index is 876. The highest BCUT2D eigenvalue weighted by Crippen LogP contribution is 2.22. The van der Waals surface area contributed by atoms with Crippen LogP contribution in [-0.4, -0.2) is 11.3 Å². The van der Waals surface area contributed by atoms with Gasteiger partial charge in [0.1, 0.15) is 12.1 Å². The van der Waals surface area contributed by atoms with E-state index in [1.54, 1.807) is 18.3 Å². The lowest BCUT2D eigenvalue weighted by Gasteiger charge is -2.09. The molecule has 4 heteroatoms. The molecular weight excluding hydrogens is 296 g/mol. The van der Waals surface area contributed by atoms with E-state index in [9.17, 15) is 9.18 Å². The van der Waals surface area contributed by atoms with E-state index in [0.29, 0.717) is 10.9 Å². The van der Waals surface area contributed by atoms with Crippen LogP contribution in [0.2, 0.25) is 0 Å². The van der Waals surface area contributed by atoms with Crippen molar-refractivity contribution < 1.29 is 9.18 Å². The Hall–Kier alpha value is -2.12. The summed E-state index contributed by atoms with van der Waals surface area (Å²) < 4.78 is 14.1. The molecule has 0 bridgehead atoms. The molecule has 0 saturated carbocycles. The fourth-order valence-electron chi connectivity index (χ4n) is 2.42. The van der Waals surface area contributed by atoms with E-state index in [1.165, 1.54) is 0 Å². The highest BCUT2D eigenvalue weighted by Gasteiger charge is 2.09. The second-order valence-electron chi connectivity index (χ2n) is 5.31. The van der Waals surface area contributed by atoms with Crippen molar-refractivity contribution in [3.8, 4) is 0 Å². The third-order valence-electron chi connectivity index (χ3n) is 3.65. The zero-order valence-electron chi connectivity index (χ0n) is 12.4. The fraction of sp³-hybridized carbons (Fsp3) is 0.111. The number of aromatic nitrogens is 1. The van der Waals surface area contributed by atoms with Crippen molar-refractivity contribution in [2.24, 2.45) is 0 Å². The van der Waals surface area contributed by atoms with Crippen LogP contribution in [-0.2, 0) is 0 Å². The Labute approximate surface area is 130 Å². The number of rotatable bonds is 3. The lowest BCUT2D eigenvalue weighted by molar-refractivity contribution is 0.112. The number of hydrogen-bond acceptors (Lipinski definition) is 2. The van der Waals surface area contributed by atoms with E-state index in [2.05, 4.69) is 4.98 Å². The number of benzene rings is 2. The van der Waals surface area contributed by atoms with Crippen LogP contribution in [0, 0.1) is 19.7 Å². The van der Waals surface area contributed by atoms with Gasteiger partial charge in [0.15, 0.2) is 0 Å². The van der Waals surface area contributed by atoms with Crippen LogP contribution in [0.1, 0.15) is 21.5 Å². The van der Waals surface area contributed by atoms with E-state index in [4.69, 9.17) is 0 Å². The van der Waals surface area contributed by atoms with Crippen molar-refractivity contribution in [3.63, 3.8) is 0 Å². The standard InChI is InChI=1S/C18H15FNOP/c1-11-3-4-18(15(19)7-11)22-17-5-6-20-16-9-13(10-21)12(2)8-14(16)17/h3-10,22H,1-2H3. The molecule has 0 N–H and O–H groups in total. The average Bonchev–Trinajstić information content (AvgIpc) is 2.50. The molecule has 3 aromatic rings. The number of halogens is 1. The molecule has 110 valence electrons. The van der Waals surface area contributed by atoms with E-state index >= 15 is 0 Å². The molecule has 0 radical (unpaired) electrons. The molecule has 22 heavy (non-hydrogen) atoms. The molecule has 1 atom stereocenters. The Morgan fingerprint density at radius 1 is 1.09 bits per heavy atom. The first-order valence-corrected chi connectivity index (χ1v) is 7.96. The van der Waals surface area contributed by atoms with Crippen LogP contribution in [0.3, 0.4) is 0 Å². The number of nitrogens with zero attached hydrogens (tertiary/aromatic N) is 1. The second-order valence-corrected chi connectivity index (χ2v) is 6.64. The van der Waals surface area contributed by atoms with Gasteiger partial charge in [-0.05, 0) is 54.5 Å². The minimum atomic E-state index is -0.176. The Kier molecular flexibility index (Phi) is 4.00. The summed E-state index contributed by atoms with van der Waals surface area (Å²) in [6.45, 7) is 3.78. The molecule has 0 saturated heterocycles. The SMILES string of the molecule is Cc1ccc(Pc2ccnc3cc(C=O)c(C)cc23)c(F)c1. The first-order chi connectivity index (χ1) is 10.6. The minimum Gasteiger partial charge on any atom is -0.298 e. The van der Waals surface area contributed by atoms with Gasteiger partial charge in [-0.2, -0.15) is 0 Å². The van der Waals surface area contributed by atoms with Gasteiger partial charge in [-0.1, -0.05) is 20.7 Å². The summed E-state index contributed by atoms with van der Waals surface area (Å²) in [4.78, 5) is 15.4. The molecule has 0 amide bonds. The number of hydrogen-bond donors (Lipinski definition) is 0. The monoisotopic (exact) mass is 311 g/mol. The summed E-state index contributed by atoms with van der Waals surface area (Å²) in [7, 11) is 0.216. The maximum absolute atomic E-state index is 14.1. The van der Waals surface area contributed by atoms with Crippen LogP contribution < -0.4 is 10.6 Å². The van der Waals surface area contributed by atoms with Crippen LogP contribution in [0.4, 0.5) is 4.39 Å². The molecule has 1 aromatic heterocycles. The van der Waals surface area contributed by atoms with Crippen LogP contribution in [0.25, 0.3) is 10.9 Å². The molecular formula is C18H15FNOP. The quantitative estimate of drug-likeness (QED) is 0.548. The van der Waals surface area contributed by atoms with Gasteiger partial charge in [0, 0.05) is 22.5 Å². The number of aldehydes is 1. The second kappa shape index (κ2) is 5.94. The van der Waals surface area contributed by atoms with Crippen molar-refractivity contribution in [2.75, 3.05) is 0 Å². The molecule has 3 rings (SSSR count). The largest absolute Gasteiger partial charge is 0.298 e. The van der Waals surface area contributed by atoms with Crippen molar-refractivity contribution in [3.05, 3.63) is 65.1 Å². The minimum absolute atomic E-state index is 0.176. The average molecular weight is 311 g/mol. The van der Waals surface area contributed by atoms with Gasteiger partial charge >= 0.3 is 0 Å². The number of fused-ring (bicyclic) bond motifs is 1. The lowest BCUT2D eigenvalue weighted by Crippen LogP contribution is -2.09. The van der Waals surface area contributed by atoms with E-state index < -0.39 is 0 Å². The fourth-order valence-corrected chi connectivity index (χ4v) is 3.56. The molecule has 2 nitrogen and oxygen atoms in total. The van der Waals surface area contributed by atoms with Crippen molar-refractivity contribution in [1.29, 1.82) is 0 Å². The Morgan fingerprint density at radius 3 is 2.64 bits per heavy atom. The molecule has 1 unspecified atom stereocenters. The summed E-state index contributed by atoms with van der Waals surface area (Å²) in [6, 6.07) is 11.0. The molecule has 0 aliphatic heterocycles. The Balaban J connectivity index is 2.11. The van der Waals surface area contributed by atoms with Crippen LogP contribution in [0.15, 0.2) is 42.6 Å². The van der Waals surface area contributed by atoms with E-state index in [-0.39, 0.29) is 14.4 Å². The summed E-state index contributed by atoms with van der Waals surface area (Å²) in [5, 5.41) is 2.70. The van der Waals surface area contributed by atoms with Crippen molar-refractivity contribution in [2.45, 2.75) is 13.8 Å². The van der Waals surface area contributed by atoms with Gasteiger partial charge in [-0.25, -0.2) is 4.39 Å².